The van der Waals surface area contributed by atoms with Gasteiger partial charge in [0.05, 0.1) is 0 Å². The lowest BCUT2D eigenvalue weighted by Crippen LogP contribution is -2.50. The normalized spacial score (nSPS) is 16.4. The Labute approximate surface area is 241 Å². The third-order valence-corrected chi connectivity index (χ3v) is 7.54. The first kappa shape index (κ1) is 28.4. The molecular weight excluding hydrogens is 520 g/mol. The average Bonchev–Trinajstić information content (AvgIpc) is 2.96. The molecular formula is C30H40N8O3. The van der Waals surface area contributed by atoms with E-state index in [9.17, 15) is 9.59 Å². The summed E-state index contributed by atoms with van der Waals surface area (Å²) in [5.74, 6) is 0.887. The molecule has 218 valence electrons. The molecule has 1 saturated carbocycles. The maximum Gasteiger partial charge on any atom is 0.410 e. The van der Waals surface area contributed by atoms with Crippen LogP contribution in [0, 0.1) is 0 Å². The molecule has 2 aromatic heterocycles. The quantitative estimate of drug-likeness (QED) is 0.413. The molecule has 11 heteroatoms. The van der Waals surface area contributed by atoms with Crippen LogP contribution in [0.3, 0.4) is 0 Å². The number of anilines is 4. The van der Waals surface area contributed by atoms with Crippen LogP contribution in [0.5, 0.6) is 0 Å². The molecule has 5 rings (SSSR count). The van der Waals surface area contributed by atoms with Crippen molar-refractivity contribution >= 4 is 46.3 Å². The topological polar surface area (TPSA) is 116 Å². The second kappa shape index (κ2) is 12.2. The maximum absolute atomic E-state index is 12.8. The summed E-state index contributed by atoms with van der Waals surface area (Å²) < 4.78 is 5.50. The fraction of sp³-hybridized carbons (Fsp3) is 0.500. The number of hydrogen-bond donors (Lipinski definition) is 2. The zero-order valence-corrected chi connectivity index (χ0v) is 24.4. The van der Waals surface area contributed by atoms with Crippen molar-refractivity contribution in [1.82, 2.24) is 24.8 Å². The fourth-order valence-electron chi connectivity index (χ4n) is 5.23. The van der Waals surface area contributed by atoms with E-state index in [0.29, 0.717) is 30.5 Å². The summed E-state index contributed by atoms with van der Waals surface area (Å²) in [7, 11) is 1.85. The van der Waals surface area contributed by atoms with Crippen molar-refractivity contribution in [2.45, 2.75) is 64.5 Å². The van der Waals surface area contributed by atoms with Gasteiger partial charge < -0.3 is 24.8 Å². The number of amides is 3. The van der Waals surface area contributed by atoms with E-state index in [1.54, 1.807) is 22.1 Å². The van der Waals surface area contributed by atoms with Crippen LogP contribution in [0.4, 0.5) is 32.7 Å². The molecule has 0 bridgehead atoms. The molecule has 3 aromatic rings. The highest BCUT2D eigenvalue weighted by Gasteiger charge is 2.26. The molecule has 0 unspecified atom stereocenters. The van der Waals surface area contributed by atoms with Gasteiger partial charge in [-0.3, -0.25) is 5.32 Å². The number of aromatic nitrogens is 3. The van der Waals surface area contributed by atoms with E-state index in [1.807, 2.05) is 58.2 Å². The number of ether oxygens (including phenoxy) is 1. The summed E-state index contributed by atoms with van der Waals surface area (Å²) in [5, 5.41) is 6.95. The van der Waals surface area contributed by atoms with Gasteiger partial charge in [-0.25, -0.2) is 19.6 Å². The maximum atomic E-state index is 12.8. The van der Waals surface area contributed by atoms with Crippen molar-refractivity contribution in [3.8, 4) is 0 Å². The molecule has 0 spiro atoms. The molecule has 3 heterocycles. The number of fused-ring (bicyclic) bond motifs is 1. The van der Waals surface area contributed by atoms with E-state index < -0.39 is 5.60 Å². The number of nitrogens with zero attached hydrogens (tertiary/aromatic N) is 6. The van der Waals surface area contributed by atoms with E-state index in [2.05, 4.69) is 30.5 Å². The Morgan fingerprint density at radius 1 is 0.951 bits per heavy atom. The molecule has 11 nitrogen and oxygen atoms in total. The van der Waals surface area contributed by atoms with Crippen LogP contribution < -0.4 is 15.5 Å². The van der Waals surface area contributed by atoms with Crippen LogP contribution >= 0.6 is 0 Å². The van der Waals surface area contributed by atoms with Crippen LogP contribution in [-0.2, 0) is 4.74 Å². The molecule has 1 saturated heterocycles. The lowest BCUT2D eigenvalue weighted by Gasteiger charge is -2.36. The second-order valence-corrected chi connectivity index (χ2v) is 11.8. The number of carbonyl (C=O) groups is 2. The van der Waals surface area contributed by atoms with Crippen LogP contribution in [-0.4, -0.2) is 81.7 Å². The third kappa shape index (κ3) is 7.33. The number of nitrogens with one attached hydrogen (secondary N) is 2. The number of carbonyl (C=O) groups excluding carboxylic acids is 2. The SMILES string of the molecule is CN(C(=O)Nc1ccc2cnc(Nc3ccc(N4CCN(C(=O)OC(C)(C)C)CC4)cc3)nc2n1)C1CCCCC1. The molecule has 1 aliphatic carbocycles. The van der Waals surface area contributed by atoms with Gasteiger partial charge in [0.1, 0.15) is 11.4 Å². The van der Waals surface area contributed by atoms with E-state index in [0.717, 1.165) is 42.7 Å². The van der Waals surface area contributed by atoms with Crippen LogP contribution in [0.15, 0.2) is 42.6 Å². The lowest BCUT2D eigenvalue weighted by atomic mass is 9.95. The van der Waals surface area contributed by atoms with Gasteiger partial charge in [-0.1, -0.05) is 19.3 Å². The minimum Gasteiger partial charge on any atom is -0.444 e. The van der Waals surface area contributed by atoms with Crippen LogP contribution in [0.1, 0.15) is 52.9 Å². The Balaban J connectivity index is 1.18. The number of rotatable bonds is 5. The van der Waals surface area contributed by atoms with Crippen molar-refractivity contribution in [2.75, 3.05) is 48.8 Å². The van der Waals surface area contributed by atoms with E-state index >= 15 is 0 Å². The monoisotopic (exact) mass is 560 g/mol. The van der Waals surface area contributed by atoms with Gasteiger partial charge in [0.2, 0.25) is 5.95 Å². The van der Waals surface area contributed by atoms with Gasteiger partial charge in [-0.2, -0.15) is 4.98 Å². The zero-order chi connectivity index (χ0) is 29.0. The molecule has 0 radical (unpaired) electrons. The van der Waals surface area contributed by atoms with E-state index in [-0.39, 0.29) is 18.2 Å². The Morgan fingerprint density at radius 2 is 1.66 bits per heavy atom. The molecule has 0 atom stereocenters. The Bertz CT molecular complexity index is 1360. The number of benzene rings is 1. The predicted octanol–water partition coefficient (Wildman–Crippen LogP) is 5.62. The minimum atomic E-state index is -0.495. The van der Waals surface area contributed by atoms with Gasteiger partial charge in [0.25, 0.3) is 0 Å². The van der Waals surface area contributed by atoms with E-state index in [1.165, 1.54) is 19.3 Å². The standard InChI is InChI=1S/C30H40N8O3/c1-30(2,3)41-29(40)38-18-16-37(17-19-38)24-13-11-22(12-14-24)32-27-31-20-21-10-15-25(33-26(21)35-27)34-28(39)36(4)23-8-6-5-7-9-23/h10-15,20,23H,5-9,16-19H2,1-4H3,(H2,31,32,33,34,35,39). The number of hydrogen-bond acceptors (Lipinski definition) is 8. The smallest absolute Gasteiger partial charge is 0.410 e. The molecule has 3 amide bonds. The summed E-state index contributed by atoms with van der Waals surface area (Å²) in [6.45, 7) is 8.35. The number of pyridine rings is 1. The first-order valence-corrected chi connectivity index (χ1v) is 14.4. The Hall–Kier alpha value is -4.15. The molecule has 2 fully saturated rings. The van der Waals surface area contributed by atoms with Crippen LogP contribution in [0.25, 0.3) is 11.0 Å². The molecule has 1 aromatic carbocycles. The minimum absolute atomic E-state index is 0.150. The van der Waals surface area contributed by atoms with Crippen molar-refractivity contribution < 1.29 is 14.3 Å². The highest BCUT2D eigenvalue weighted by Crippen LogP contribution is 2.24. The summed E-state index contributed by atoms with van der Waals surface area (Å²) in [4.78, 5) is 44.5. The number of piperazine rings is 1. The Kier molecular flexibility index (Phi) is 8.41. The van der Waals surface area contributed by atoms with Crippen molar-refractivity contribution in [2.24, 2.45) is 0 Å². The van der Waals surface area contributed by atoms with Crippen molar-refractivity contribution in [3.63, 3.8) is 0 Å². The van der Waals surface area contributed by atoms with E-state index in [4.69, 9.17) is 4.74 Å². The van der Waals surface area contributed by atoms with Gasteiger partial charge in [-0.15, -0.1) is 0 Å². The summed E-state index contributed by atoms with van der Waals surface area (Å²) in [5.41, 5.74) is 1.93. The first-order chi connectivity index (χ1) is 19.6. The fourth-order valence-corrected chi connectivity index (χ4v) is 5.23. The summed E-state index contributed by atoms with van der Waals surface area (Å²) >= 11 is 0. The second-order valence-electron chi connectivity index (χ2n) is 11.8. The predicted molar refractivity (Wildman–Crippen MR) is 161 cm³/mol. The van der Waals surface area contributed by atoms with Crippen molar-refractivity contribution in [3.05, 3.63) is 42.6 Å². The lowest BCUT2D eigenvalue weighted by molar-refractivity contribution is 0.0240. The summed E-state index contributed by atoms with van der Waals surface area (Å²) in [6.07, 6.45) is 7.12. The average molecular weight is 561 g/mol. The highest BCUT2D eigenvalue weighted by molar-refractivity contribution is 5.90. The first-order valence-electron chi connectivity index (χ1n) is 14.4. The third-order valence-electron chi connectivity index (χ3n) is 7.54. The molecule has 2 aliphatic rings. The Morgan fingerprint density at radius 3 is 2.34 bits per heavy atom. The van der Waals surface area contributed by atoms with Crippen molar-refractivity contribution in [1.29, 1.82) is 0 Å². The molecule has 41 heavy (non-hydrogen) atoms. The summed E-state index contributed by atoms with van der Waals surface area (Å²) in [6, 6.07) is 11.8. The highest BCUT2D eigenvalue weighted by atomic mass is 16.6. The molecule has 2 N–H and O–H groups in total. The van der Waals surface area contributed by atoms with Gasteiger partial charge in [0.15, 0.2) is 5.65 Å². The molecule has 1 aliphatic heterocycles. The van der Waals surface area contributed by atoms with Gasteiger partial charge in [-0.05, 0) is 70.0 Å². The number of urea groups is 1. The van der Waals surface area contributed by atoms with Gasteiger partial charge in [0, 0.05) is 62.2 Å². The zero-order valence-electron chi connectivity index (χ0n) is 24.4. The van der Waals surface area contributed by atoms with Gasteiger partial charge >= 0.3 is 12.1 Å². The van der Waals surface area contributed by atoms with Crippen LogP contribution in [0.2, 0.25) is 0 Å². The largest absolute Gasteiger partial charge is 0.444 e.